The predicted octanol–water partition coefficient (Wildman–Crippen LogP) is 3.45. The summed E-state index contributed by atoms with van der Waals surface area (Å²) in [4.78, 5) is 0. The quantitative estimate of drug-likeness (QED) is 0.789. The average molecular weight is 293 g/mol. The van der Waals surface area contributed by atoms with E-state index >= 15 is 0 Å². The summed E-state index contributed by atoms with van der Waals surface area (Å²) in [6.07, 6.45) is 5.08. The second-order valence-corrected chi connectivity index (χ2v) is 5.08. The Bertz CT molecular complexity index is 490. The molecule has 0 spiro atoms. The standard InChI is InChI=1S/C14H17BrN2/c1-11-5-3-4-6-14(11)13(8-15)7-12-9-16-17(2)10-12/h3-6,9-10,13H,7-8H2,1-2H3. The Labute approximate surface area is 111 Å². The Morgan fingerprint density at radius 3 is 2.71 bits per heavy atom. The lowest BCUT2D eigenvalue weighted by molar-refractivity contribution is 0.755. The summed E-state index contributed by atoms with van der Waals surface area (Å²) >= 11 is 3.62. The van der Waals surface area contributed by atoms with Gasteiger partial charge in [0, 0.05) is 18.6 Å². The molecule has 0 saturated carbocycles. The molecule has 0 bridgehead atoms. The Balaban J connectivity index is 2.20. The van der Waals surface area contributed by atoms with Crippen molar-refractivity contribution in [2.75, 3.05) is 5.33 Å². The smallest absolute Gasteiger partial charge is 0.0521 e. The van der Waals surface area contributed by atoms with Crippen molar-refractivity contribution in [2.24, 2.45) is 7.05 Å². The van der Waals surface area contributed by atoms with Gasteiger partial charge in [0.1, 0.15) is 0 Å². The van der Waals surface area contributed by atoms with Crippen LogP contribution in [0.2, 0.25) is 0 Å². The van der Waals surface area contributed by atoms with Crippen LogP contribution in [-0.4, -0.2) is 15.1 Å². The molecule has 0 aliphatic carbocycles. The molecular formula is C14H17BrN2. The third kappa shape index (κ3) is 2.97. The normalized spacial score (nSPS) is 12.6. The van der Waals surface area contributed by atoms with E-state index in [0.29, 0.717) is 5.92 Å². The highest BCUT2D eigenvalue weighted by molar-refractivity contribution is 9.09. The molecule has 2 rings (SSSR count). The van der Waals surface area contributed by atoms with Crippen LogP contribution in [0.5, 0.6) is 0 Å². The van der Waals surface area contributed by atoms with E-state index in [-0.39, 0.29) is 0 Å². The van der Waals surface area contributed by atoms with E-state index in [1.54, 1.807) is 0 Å². The molecule has 1 atom stereocenters. The van der Waals surface area contributed by atoms with Gasteiger partial charge in [-0.25, -0.2) is 0 Å². The summed E-state index contributed by atoms with van der Waals surface area (Å²) in [5.74, 6) is 0.514. The highest BCUT2D eigenvalue weighted by atomic mass is 79.9. The second kappa shape index (κ2) is 5.50. The number of nitrogens with zero attached hydrogens (tertiary/aromatic N) is 2. The molecule has 0 N–H and O–H groups in total. The van der Waals surface area contributed by atoms with Crippen LogP contribution in [0, 0.1) is 6.92 Å². The van der Waals surface area contributed by atoms with Crippen LogP contribution in [0.1, 0.15) is 22.6 Å². The van der Waals surface area contributed by atoms with E-state index in [4.69, 9.17) is 0 Å². The number of aromatic nitrogens is 2. The molecule has 1 unspecified atom stereocenters. The summed E-state index contributed by atoms with van der Waals surface area (Å²) in [6.45, 7) is 2.17. The third-order valence-electron chi connectivity index (χ3n) is 3.06. The lowest BCUT2D eigenvalue weighted by atomic mass is 9.92. The van der Waals surface area contributed by atoms with Crippen molar-refractivity contribution in [2.45, 2.75) is 19.3 Å². The molecule has 1 aromatic heterocycles. The van der Waals surface area contributed by atoms with Crippen molar-refractivity contribution in [1.82, 2.24) is 9.78 Å². The van der Waals surface area contributed by atoms with E-state index < -0.39 is 0 Å². The molecule has 90 valence electrons. The van der Waals surface area contributed by atoms with Crippen LogP contribution in [0.4, 0.5) is 0 Å². The number of hydrogen-bond acceptors (Lipinski definition) is 1. The Hall–Kier alpha value is -1.09. The Kier molecular flexibility index (Phi) is 4.00. The van der Waals surface area contributed by atoms with Gasteiger partial charge in [-0.15, -0.1) is 0 Å². The monoisotopic (exact) mass is 292 g/mol. The van der Waals surface area contributed by atoms with E-state index in [1.807, 2.05) is 17.9 Å². The molecule has 2 nitrogen and oxygen atoms in total. The van der Waals surface area contributed by atoms with E-state index in [2.05, 4.69) is 58.4 Å². The van der Waals surface area contributed by atoms with E-state index in [0.717, 1.165) is 11.8 Å². The third-order valence-corrected chi connectivity index (χ3v) is 3.84. The highest BCUT2D eigenvalue weighted by Gasteiger charge is 2.13. The van der Waals surface area contributed by atoms with Crippen LogP contribution in [-0.2, 0) is 13.5 Å². The molecular weight excluding hydrogens is 276 g/mol. The Morgan fingerprint density at radius 1 is 1.35 bits per heavy atom. The fourth-order valence-corrected chi connectivity index (χ4v) is 2.73. The van der Waals surface area contributed by atoms with Gasteiger partial charge < -0.3 is 0 Å². The fraction of sp³-hybridized carbons (Fsp3) is 0.357. The SMILES string of the molecule is Cc1ccccc1C(CBr)Cc1cnn(C)c1. The molecule has 0 aliphatic heterocycles. The van der Waals surface area contributed by atoms with Crippen molar-refractivity contribution in [3.8, 4) is 0 Å². The highest BCUT2D eigenvalue weighted by Crippen LogP contribution is 2.25. The summed E-state index contributed by atoms with van der Waals surface area (Å²) in [5.41, 5.74) is 4.08. The van der Waals surface area contributed by atoms with Crippen LogP contribution >= 0.6 is 15.9 Å². The van der Waals surface area contributed by atoms with Gasteiger partial charge in [0.15, 0.2) is 0 Å². The average Bonchev–Trinajstić information content (AvgIpc) is 2.73. The molecule has 0 aliphatic rings. The zero-order chi connectivity index (χ0) is 12.3. The van der Waals surface area contributed by atoms with Gasteiger partial charge in [-0.05, 0) is 36.0 Å². The van der Waals surface area contributed by atoms with Crippen molar-refractivity contribution in [3.05, 3.63) is 53.3 Å². The van der Waals surface area contributed by atoms with Gasteiger partial charge in [0.25, 0.3) is 0 Å². The number of aryl methyl sites for hydroxylation is 2. The van der Waals surface area contributed by atoms with Crippen LogP contribution < -0.4 is 0 Å². The minimum Gasteiger partial charge on any atom is -0.276 e. The van der Waals surface area contributed by atoms with Crippen molar-refractivity contribution >= 4 is 15.9 Å². The van der Waals surface area contributed by atoms with E-state index in [9.17, 15) is 0 Å². The molecule has 2 aromatic rings. The van der Waals surface area contributed by atoms with Gasteiger partial charge in [-0.3, -0.25) is 4.68 Å². The zero-order valence-electron chi connectivity index (χ0n) is 10.2. The number of halogens is 1. The lowest BCUT2D eigenvalue weighted by Gasteiger charge is -2.16. The second-order valence-electron chi connectivity index (χ2n) is 4.43. The summed E-state index contributed by atoms with van der Waals surface area (Å²) in [5, 5.41) is 5.20. The first-order valence-electron chi connectivity index (χ1n) is 5.79. The first-order valence-corrected chi connectivity index (χ1v) is 6.92. The van der Waals surface area contributed by atoms with Crippen molar-refractivity contribution < 1.29 is 0 Å². The molecule has 3 heteroatoms. The topological polar surface area (TPSA) is 17.8 Å². The van der Waals surface area contributed by atoms with Crippen LogP contribution in [0.15, 0.2) is 36.7 Å². The van der Waals surface area contributed by atoms with Crippen LogP contribution in [0.25, 0.3) is 0 Å². The summed E-state index contributed by atoms with van der Waals surface area (Å²) in [6, 6.07) is 8.60. The largest absolute Gasteiger partial charge is 0.276 e. The maximum atomic E-state index is 4.22. The molecule has 0 fully saturated rings. The molecule has 1 aromatic carbocycles. The Morgan fingerprint density at radius 2 is 2.12 bits per heavy atom. The fourth-order valence-electron chi connectivity index (χ4n) is 2.15. The molecule has 0 amide bonds. The number of rotatable bonds is 4. The van der Waals surface area contributed by atoms with Crippen molar-refractivity contribution in [3.63, 3.8) is 0 Å². The number of benzene rings is 1. The number of hydrogen-bond donors (Lipinski definition) is 0. The maximum Gasteiger partial charge on any atom is 0.0521 e. The van der Waals surface area contributed by atoms with Crippen molar-refractivity contribution in [1.29, 1.82) is 0 Å². The summed E-state index contributed by atoms with van der Waals surface area (Å²) < 4.78 is 1.86. The van der Waals surface area contributed by atoms with E-state index in [1.165, 1.54) is 16.7 Å². The molecule has 1 heterocycles. The predicted molar refractivity (Wildman–Crippen MR) is 74.6 cm³/mol. The molecule has 17 heavy (non-hydrogen) atoms. The van der Waals surface area contributed by atoms with Gasteiger partial charge in [-0.1, -0.05) is 40.2 Å². The molecule has 0 radical (unpaired) electrons. The lowest BCUT2D eigenvalue weighted by Crippen LogP contribution is -2.05. The van der Waals surface area contributed by atoms with Gasteiger partial charge in [-0.2, -0.15) is 5.10 Å². The minimum atomic E-state index is 0.514. The van der Waals surface area contributed by atoms with Gasteiger partial charge >= 0.3 is 0 Å². The summed E-state index contributed by atoms with van der Waals surface area (Å²) in [7, 11) is 1.96. The maximum absolute atomic E-state index is 4.22. The first-order chi connectivity index (χ1) is 8.20. The first kappa shape index (κ1) is 12.4. The minimum absolute atomic E-state index is 0.514. The number of alkyl halides is 1. The zero-order valence-corrected chi connectivity index (χ0v) is 11.8. The van der Waals surface area contributed by atoms with Gasteiger partial charge in [0.05, 0.1) is 6.20 Å². The van der Waals surface area contributed by atoms with Crippen LogP contribution in [0.3, 0.4) is 0 Å². The van der Waals surface area contributed by atoms with Gasteiger partial charge in [0.2, 0.25) is 0 Å². The molecule has 0 saturated heterocycles.